The van der Waals surface area contributed by atoms with Gasteiger partial charge in [0.15, 0.2) is 0 Å². The van der Waals surface area contributed by atoms with Gasteiger partial charge in [0.25, 0.3) is 0 Å². The van der Waals surface area contributed by atoms with Crippen LogP contribution in [0.4, 0.5) is 5.69 Å². The summed E-state index contributed by atoms with van der Waals surface area (Å²) in [4.78, 5) is 4.89. The number of nitrogens with zero attached hydrogens (tertiary/aromatic N) is 1. The van der Waals surface area contributed by atoms with Gasteiger partial charge in [-0.2, -0.15) is 0 Å². The molecule has 2 aromatic rings. The molecular weight excluding hydrogens is 260 g/mol. The Kier molecular flexibility index (Phi) is 2.71. The van der Waals surface area contributed by atoms with Crippen LogP contribution in [0.5, 0.6) is 5.75 Å². The normalized spacial score (nSPS) is 23.6. The number of benzene rings is 1. The molecule has 0 saturated carbocycles. The minimum atomic E-state index is 0.534. The number of nitrogens with two attached hydrogens (primary N) is 1. The molecule has 2 aliphatic rings. The molecular formula is C18H20N2O. The third kappa shape index (κ3) is 1.91. The van der Waals surface area contributed by atoms with Crippen molar-refractivity contribution in [3.05, 3.63) is 41.1 Å². The molecule has 2 bridgehead atoms. The molecule has 2 unspecified atom stereocenters. The number of fused-ring (bicyclic) bond motifs is 5. The molecule has 2 atom stereocenters. The Bertz CT molecular complexity index is 763. The first-order chi connectivity index (χ1) is 10.2. The van der Waals surface area contributed by atoms with Crippen LogP contribution in [-0.4, -0.2) is 12.1 Å². The molecule has 0 radical (unpaired) electrons. The van der Waals surface area contributed by atoms with Crippen LogP contribution in [0.1, 0.15) is 36.9 Å². The largest absolute Gasteiger partial charge is 0.497 e. The fourth-order valence-corrected chi connectivity index (χ4v) is 4.06. The predicted octanol–water partition coefficient (Wildman–Crippen LogP) is 3.82. The number of rotatable bonds is 1. The highest BCUT2D eigenvalue weighted by Crippen LogP contribution is 2.46. The summed E-state index contributed by atoms with van der Waals surface area (Å²) in [6.07, 6.45) is 5.78. The highest BCUT2D eigenvalue weighted by Gasteiger charge is 2.32. The standard InChI is InChI=1S/C18H20N2O/c1-10-5-11-7-12(6-10)17-16(8-11)20-15-4-3-13(21-2)9-14(15)18(17)19/h3-5,9,11-12H,6-8H2,1-2H3,(H2,19,20). The van der Waals surface area contributed by atoms with Gasteiger partial charge in [-0.05, 0) is 56.2 Å². The minimum absolute atomic E-state index is 0.534. The van der Waals surface area contributed by atoms with Crippen LogP contribution < -0.4 is 10.5 Å². The highest BCUT2D eigenvalue weighted by atomic mass is 16.5. The molecule has 3 heteroatoms. The first-order valence-corrected chi connectivity index (χ1v) is 7.59. The van der Waals surface area contributed by atoms with Crippen LogP contribution in [0.2, 0.25) is 0 Å². The van der Waals surface area contributed by atoms with Crippen LogP contribution >= 0.6 is 0 Å². The van der Waals surface area contributed by atoms with Gasteiger partial charge in [0.2, 0.25) is 0 Å². The lowest BCUT2D eigenvalue weighted by molar-refractivity contribution is 0.415. The van der Waals surface area contributed by atoms with Crippen LogP contribution in [0.25, 0.3) is 10.9 Å². The second-order valence-corrected chi connectivity index (χ2v) is 6.38. The third-order valence-corrected chi connectivity index (χ3v) is 4.89. The van der Waals surface area contributed by atoms with Gasteiger partial charge in [-0.25, -0.2) is 0 Å². The maximum Gasteiger partial charge on any atom is 0.119 e. The fraction of sp³-hybridized carbons (Fsp3) is 0.389. The average Bonchev–Trinajstić information content (AvgIpc) is 2.46. The summed E-state index contributed by atoms with van der Waals surface area (Å²) in [5.41, 5.74) is 12.4. The number of hydrogen-bond donors (Lipinski definition) is 1. The van der Waals surface area contributed by atoms with Gasteiger partial charge in [-0.15, -0.1) is 0 Å². The molecule has 0 amide bonds. The quantitative estimate of drug-likeness (QED) is 0.808. The Morgan fingerprint density at radius 2 is 2.14 bits per heavy atom. The first kappa shape index (κ1) is 12.7. The SMILES string of the molecule is COc1ccc2nc3c(c(N)c2c1)C1CC(C)=CC(C3)C1. The smallest absolute Gasteiger partial charge is 0.119 e. The second kappa shape index (κ2) is 4.48. The zero-order chi connectivity index (χ0) is 14.6. The molecule has 0 saturated heterocycles. The molecule has 0 fully saturated rings. The molecule has 1 aromatic heterocycles. The Balaban J connectivity index is 1.94. The summed E-state index contributed by atoms with van der Waals surface area (Å²) in [6.45, 7) is 2.23. The summed E-state index contributed by atoms with van der Waals surface area (Å²) in [6, 6.07) is 5.97. The van der Waals surface area contributed by atoms with Gasteiger partial charge in [0.1, 0.15) is 5.75 Å². The van der Waals surface area contributed by atoms with Gasteiger partial charge in [-0.3, -0.25) is 4.98 Å². The van der Waals surface area contributed by atoms with Gasteiger partial charge in [0, 0.05) is 22.3 Å². The van der Waals surface area contributed by atoms with Crippen molar-refractivity contribution in [2.45, 2.75) is 32.1 Å². The Hall–Kier alpha value is -2.03. The highest BCUT2D eigenvalue weighted by molar-refractivity contribution is 5.93. The summed E-state index contributed by atoms with van der Waals surface area (Å²) in [7, 11) is 1.68. The second-order valence-electron chi connectivity index (χ2n) is 6.38. The molecule has 2 N–H and O–H groups in total. The molecule has 1 aromatic carbocycles. The topological polar surface area (TPSA) is 48.1 Å². The van der Waals surface area contributed by atoms with Crippen LogP contribution in [0, 0.1) is 5.92 Å². The Morgan fingerprint density at radius 1 is 1.29 bits per heavy atom. The molecule has 21 heavy (non-hydrogen) atoms. The zero-order valence-electron chi connectivity index (χ0n) is 12.5. The molecule has 108 valence electrons. The summed E-state index contributed by atoms with van der Waals surface area (Å²) >= 11 is 0. The molecule has 1 heterocycles. The number of hydrogen-bond acceptors (Lipinski definition) is 3. The van der Waals surface area contributed by atoms with Gasteiger partial charge in [-0.1, -0.05) is 11.6 Å². The summed E-state index contributed by atoms with van der Waals surface area (Å²) in [5, 5.41) is 1.03. The Labute approximate surface area is 124 Å². The van der Waals surface area contributed by atoms with E-state index in [0.29, 0.717) is 11.8 Å². The molecule has 2 aliphatic carbocycles. The summed E-state index contributed by atoms with van der Waals surface area (Å²) < 4.78 is 5.33. The van der Waals surface area contributed by atoms with Crippen molar-refractivity contribution in [1.82, 2.24) is 4.98 Å². The van der Waals surface area contributed by atoms with Crippen molar-refractivity contribution in [3.63, 3.8) is 0 Å². The number of nitrogen functional groups attached to an aromatic ring is 1. The monoisotopic (exact) mass is 280 g/mol. The molecule has 4 rings (SSSR count). The predicted molar refractivity (Wildman–Crippen MR) is 85.6 cm³/mol. The number of pyridine rings is 1. The van der Waals surface area contributed by atoms with Gasteiger partial charge < -0.3 is 10.5 Å². The Morgan fingerprint density at radius 3 is 2.95 bits per heavy atom. The number of methoxy groups -OCH3 is 1. The van der Waals surface area contributed by atoms with Crippen LogP contribution in [0.15, 0.2) is 29.8 Å². The van der Waals surface area contributed by atoms with Crippen LogP contribution in [-0.2, 0) is 6.42 Å². The fourth-order valence-electron chi connectivity index (χ4n) is 4.06. The van der Waals surface area contributed by atoms with E-state index in [2.05, 4.69) is 13.0 Å². The number of ether oxygens (including phenoxy) is 1. The van der Waals surface area contributed by atoms with Crippen molar-refractivity contribution >= 4 is 16.6 Å². The minimum Gasteiger partial charge on any atom is -0.497 e. The lowest BCUT2D eigenvalue weighted by atomic mass is 9.71. The van der Waals surface area contributed by atoms with E-state index in [1.165, 1.54) is 23.3 Å². The van der Waals surface area contributed by atoms with E-state index in [0.717, 1.165) is 35.2 Å². The van der Waals surface area contributed by atoms with E-state index in [1.807, 2.05) is 18.2 Å². The maximum absolute atomic E-state index is 6.53. The van der Waals surface area contributed by atoms with E-state index >= 15 is 0 Å². The van der Waals surface area contributed by atoms with E-state index < -0.39 is 0 Å². The van der Waals surface area contributed by atoms with Crippen molar-refractivity contribution in [2.24, 2.45) is 5.92 Å². The third-order valence-electron chi connectivity index (χ3n) is 4.89. The van der Waals surface area contributed by atoms with E-state index in [9.17, 15) is 0 Å². The lowest BCUT2D eigenvalue weighted by Gasteiger charge is -2.35. The number of allylic oxidation sites excluding steroid dienone is 2. The van der Waals surface area contributed by atoms with Crippen molar-refractivity contribution in [2.75, 3.05) is 12.8 Å². The van der Waals surface area contributed by atoms with Crippen LogP contribution in [0.3, 0.4) is 0 Å². The maximum atomic E-state index is 6.53. The number of anilines is 1. The summed E-state index contributed by atoms with van der Waals surface area (Å²) in [5.74, 6) is 2.01. The van der Waals surface area contributed by atoms with Gasteiger partial charge in [0.05, 0.1) is 12.6 Å². The van der Waals surface area contributed by atoms with E-state index in [4.69, 9.17) is 15.5 Å². The molecule has 3 nitrogen and oxygen atoms in total. The average molecular weight is 280 g/mol. The molecule has 0 spiro atoms. The zero-order valence-corrected chi connectivity index (χ0v) is 12.5. The van der Waals surface area contributed by atoms with E-state index in [-0.39, 0.29) is 0 Å². The number of aromatic nitrogens is 1. The van der Waals surface area contributed by atoms with Crippen molar-refractivity contribution in [3.8, 4) is 5.75 Å². The molecule has 0 aliphatic heterocycles. The van der Waals surface area contributed by atoms with E-state index in [1.54, 1.807) is 7.11 Å². The first-order valence-electron chi connectivity index (χ1n) is 7.59. The van der Waals surface area contributed by atoms with Gasteiger partial charge >= 0.3 is 0 Å². The van der Waals surface area contributed by atoms with Crippen molar-refractivity contribution < 1.29 is 4.74 Å². The van der Waals surface area contributed by atoms with Crippen molar-refractivity contribution in [1.29, 1.82) is 0 Å². The lowest BCUT2D eigenvalue weighted by Crippen LogP contribution is -2.24.